The van der Waals surface area contributed by atoms with Crippen LogP contribution in [-0.4, -0.2) is 15.1 Å². The maximum atomic E-state index is 9.85. The molecule has 1 unspecified atom stereocenters. The molecule has 0 spiro atoms. The van der Waals surface area contributed by atoms with E-state index in [-0.39, 0.29) is 0 Å². The van der Waals surface area contributed by atoms with E-state index >= 15 is 0 Å². The number of aromatic nitrogens is 2. The first-order valence-corrected chi connectivity index (χ1v) is 6.03. The molecule has 0 saturated heterocycles. The van der Waals surface area contributed by atoms with Crippen molar-refractivity contribution >= 4 is 0 Å². The molecule has 0 amide bonds. The van der Waals surface area contributed by atoms with Crippen LogP contribution in [0.15, 0.2) is 12.4 Å². The van der Waals surface area contributed by atoms with E-state index in [0.717, 1.165) is 18.8 Å². The molecule has 1 saturated carbocycles. The molecular formula is C12H20N2O. The zero-order valence-electron chi connectivity index (χ0n) is 9.15. The molecule has 0 aliphatic heterocycles. The summed E-state index contributed by atoms with van der Waals surface area (Å²) in [6.07, 6.45) is 11.9. The van der Waals surface area contributed by atoms with Crippen LogP contribution in [0.4, 0.5) is 0 Å². The highest BCUT2D eigenvalue weighted by Crippen LogP contribution is 2.29. The van der Waals surface area contributed by atoms with E-state index < -0.39 is 6.10 Å². The number of nitrogens with one attached hydrogen (secondary N) is 1. The van der Waals surface area contributed by atoms with Gasteiger partial charge in [-0.05, 0) is 18.8 Å². The van der Waals surface area contributed by atoms with Crippen LogP contribution in [0.1, 0.15) is 56.9 Å². The minimum atomic E-state index is -0.401. The number of aliphatic hydroxyl groups is 1. The highest BCUT2D eigenvalue weighted by Gasteiger charge is 2.16. The molecule has 0 aromatic carbocycles. The Labute approximate surface area is 90.9 Å². The van der Waals surface area contributed by atoms with E-state index in [0.29, 0.717) is 5.82 Å². The topological polar surface area (TPSA) is 48.9 Å². The summed E-state index contributed by atoms with van der Waals surface area (Å²) in [7, 11) is 0. The fourth-order valence-electron chi connectivity index (χ4n) is 2.47. The Bertz CT molecular complexity index is 265. The van der Waals surface area contributed by atoms with Crippen LogP contribution in [0.5, 0.6) is 0 Å². The molecule has 1 aromatic heterocycles. The van der Waals surface area contributed by atoms with Crippen molar-refractivity contribution in [1.82, 2.24) is 9.97 Å². The van der Waals surface area contributed by atoms with Crippen molar-refractivity contribution in [1.29, 1.82) is 0 Å². The summed E-state index contributed by atoms with van der Waals surface area (Å²) in [6, 6.07) is 0. The van der Waals surface area contributed by atoms with E-state index in [1.165, 1.54) is 32.1 Å². The summed E-state index contributed by atoms with van der Waals surface area (Å²) in [5.74, 6) is 1.55. The second kappa shape index (κ2) is 5.31. The van der Waals surface area contributed by atoms with Crippen molar-refractivity contribution in [3.05, 3.63) is 18.2 Å². The average molecular weight is 208 g/mol. The first-order chi connectivity index (χ1) is 7.36. The molecule has 0 radical (unpaired) electrons. The fourth-order valence-corrected chi connectivity index (χ4v) is 2.47. The molecule has 1 fully saturated rings. The first-order valence-electron chi connectivity index (χ1n) is 6.03. The molecule has 1 atom stereocenters. The van der Waals surface area contributed by atoms with Crippen molar-refractivity contribution in [3.63, 3.8) is 0 Å². The van der Waals surface area contributed by atoms with Crippen molar-refractivity contribution in [2.24, 2.45) is 5.92 Å². The average Bonchev–Trinajstić information content (AvgIpc) is 2.81. The van der Waals surface area contributed by atoms with Crippen LogP contribution in [0.2, 0.25) is 0 Å². The van der Waals surface area contributed by atoms with Gasteiger partial charge in [0.05, 0.1) is 0 Å². The van der Waals surface area contributed by atoms with Crippen LogP contribution < -0.4 is 0 Å². The number of hydrogen-bond acceptors (Lipinski definition) is 2. The number of aromatic amines is 1. The predicted molar refractivity (Wildman–Crippen MR) is 59.4 cm³/mol. The van der Waals surface area contributed by atoms with Gasteiger partial charge in [-0.3, -0.25) is 0 Å². The quantitative estimate of drug-likeness (QED) is 0.799. The number of rotatable bonds is 4. The van der Waals surface area contributed by atoms with Gasteiger partial charge in [-0.2, -0.15) is 0 Å². The summed E-state index contributed by atoms with van der Waals surface area (Å²) in [6.45, 7) is 0. The Kier molecular flexibility index (Phi) is 3.78. The summed E-state index contributed by atoms with van der Waals surface area (Å²) in [5, 5.41) is 9.85. The number of nitrogens with zero attached hydrogens (tertiary/aromatic N) is 1. The van der Waals surface area contributed by atoms with Gasteiger partial charge in [0.25, 0.3) is 0 Å². The van der Waals surface area contributed by atoms with Crippen molar-refractivity contribution in [2.45, 2.75) is 51.0 Å². The molecule has 1 aliphatic carbocycles. The van der Waals surface area contributed by atoms with Gasteiger partial charge in [-0.1, -0.05) is 32.1 Å². The van der Waals surface area contributed by atoms with E-state index in [4.69, 9.17) is 0 Å². The number of H-pyrrole nitrogens is 1. The fraction of sp³-hybridized carbons (Fsp3) is 0.750. The Hall–Kier alpha value is -0.830. The first kappa shape index (κ1) is 10.7. The highest BCUT2D eigenvalue weighted by molar-refractivity contribution is 4.91. The second-order valence-electron chi connectivity index (χ2n) is 4.57. The van der Waals surface area contributed by atoms with Crippen molar-refractivity contribution in [3.8, 4) is 0 Å². The Morgan fingerprint density at radius 2 is 2.20 bits per heavy atom. The highest BCUT2D eigenvalue weighted by atomic mass is 16.3. The SMILES string of the molecule is OC(CCC1CCCCC1)c1ncc[nH]1. The normalized spacial score (nSPS) is 20.3. The van der Waals surface area contributed by atoms with Crippen LogP contribution in [-0.2, 0) is 0 Å². The molecule has 84 valence electrons. The molecule has 1 aromatic rings. The molecule has 3 heteroatoms. The maximum Gasteiger partial charge on any atom is 0.134 e. The zero-order valence-corrected chi connectivity index (χ0v) is 9.15. The van der Waals surface area contributed by atoms with Crippen molar-refractivity contribution in [2.75, 3.05) is 0 Å². The minimum Gasteiger partial charge on any atom is -0.385 e. The molecular weight excluding hydrogens is 188 g/mol. The van der Waals surface area contributed by atoms with Crippen LogP contribution in [0.25, 0.3) is 0 Å². The summed E-state index contributed by atoms with van der Waals surface area (Å²) in [4.78, 5) is 7.04. The molecule has 3 nitrogen and oxygen atoms in total. The van der Waals surface area contributed by atoms with Gasteiger partial charge in [-0.15, -0.1) is 0 Å². The third-order valence-corrected chi connectivity index (χ3v) is 3.41. The summed E-state index contributed by atoms with van der Waals surface area (Å²) >= 11 is 0. The maximum absolute atomic E-state index is 9.85. The van der Waals surface area contributed by atoms with Gasteiger partial charge in [0, 0.05) is 12.4 Å². The second-order valence-corrected chi connectivity index (χ2v) is 4.57. The van der Waals surface area contributed by atoms with Gasteiger partial charge >= 0.3 is 0 Å². The van der Waals surface area contributed by atoms with Crippen molar-refractivity contribution < 1.29 is 5.11 Å². The summed E-state index contributed by atoms with van der Waals surface area (Å²) in [5.41, 5.74) is 0. The van der Waals surface area contributed by atoms with Gasteiger partial charge in [0.1, 0.15) is 11.9 Å². The molecule has 1 aliphatic rings. The minimum absolute atomic E-state index is 0.401. The molecule has 15 heavy (non-hydrogen) atoms. The Balaban J connectivity index is 1.73. The van der Waals surface area contributed by atoms with E-state index in [9.17, 15) is 5.11 Å². The lowest BCUT2D eigenvalue weighted by molar-refractivity contribution is 0.143. The Morgan fingerprint density at radius 1 is 1.40 bits per heavy atom. The molecule has 1 heterocycles. The third kappa shape index (κ3) is 3.06. The van der Waals surface area contributed by atoms with Crippen LogP contribution >= 0.6 is 0 Å². The summed E-state index contributed by atoms with van der Waals surface area (Å²) < 4.78 is 0. The van der Waals surface area contributed by atoms with E-state index in [1.54, 1.807) is 12.4 Å². The van der Waals surface area contributed by atoms with Gasteiger partial charge in [0.2, 0.25) is 0 Å². The van der Waals surface area contributed by atoms with E-state index in [1.807, 2.05) is 0 Å². The van der Waals surface area contributed by atoms with Crippen LogP contribution in [0.3, 0.4) is 0 Å². The van der Waals surface area contributed by atoms with Gasteiger partial charge in [-0.25, -0.2) is 4.98 Å². The van der Waals surface area contributed by atoms with E-state index in [2.05, 4.69) is 9.97 Å². The largest absolute Gasteiger partial charge is 0.385 e. The van der Waals surface area contributed by atoms with Gasteiger partial charge < -0.3 is 10.1 Å². The van der Waals surface area contributed by atoms with Gasteiger partial charge in [0.15, 0.2) is 0 Å². The van der Waals surface area contributed by atoms with Crippen LogP contribution in [0, 0.1) is 5.92 Å². The number of imidazole rings is 1. The monoisotopic (exact) mass is 208 g/mol. The molecule has 0 bridgehead atoms. The lowest BCUT2D eigenvalue weighted by Crippen LogP contribution is -2.09. The molecule has 2 rings (SSSR count). The predicted octanol–water partition coefficient (Wildman–Crippen LogP) is 2.80. The zero-order chi connectivity index (χ0) is 10.5. The Morgan fingerprint density at radius 3 is 2.87 bits per heavy atom. The standard InChI is InChI=1S/C12H20N2O/c15-11(12-13-8-9-14-12)7-6-10-4-2-1-3-5-10/h8-11,15H,1-7H2,(H,13,14). The smallest absolute Gasteiger partial charge is 0.134 e. The third-order valence-electron chi connectivity index (χ3n) is 3.41. The number of aliphatic hydroxyl groups excluding tert-OH is 1. The lowest BCUT2D eigenvalue weighted by atomic mass is 9.85. The molecule has 2 N–H and O–H groups in total. The lowest BCUT2D eigenvalue weighted by Gasteiger charge is -2.22. The number of hydrogen-bond donors (Lipinski definition) is 2.